The van der Waals surface area contributed by atoms with E-state index < -0.39 is 0 Å². The van der Waals surface area contributed by atoms with Crippen molar-refractivity contribution in [2.24, 2.45) is 0 Å². The second-order valence-electron chi connectivity index (χ2n) is 6.29. The molecule has 0 aliphatic carbocycles. The molecule has 25 heavy (non-hydrogen) atoms. The highest BCUT2D eigenvalue weighted by atomic mass is 16.5. The second kappa shape index (κ2) is 6.93. The largest absolute Gasteiger partial charge is 0.467 e. The zero-order valence-electron chi connectivity index (χ0n) is 13.8. The van der Waals surface area contributed by atoms with Gasteiger partial charge in [0, 0.05) is 19.4 Å². The maximum Gasteiger partial charge on any atom is 0.232 e. The van der Waals surface area contributed by atoms with Crippen molar-refractivity contribution >= 4 is 5.91 Å². The lowest BCUT2D eigenvalue weighted by Crippen LogP contribution is -2.24. The fraction of sp³-hybridized carbons (Fsp3) is 0.316. The normalized spacial score (nSPS) is 17.4. The fourth-order valence-corrected chi connectivity index (χ4v) is 3.12. The van der Waals surface area contributed by atoms with Gasteiger partial charge in [-0.1, -0.05) is 35.5 Å². The van der Waals surface area contributed by atoms with Crippen LogP contribution in [0, 0.1) is 0 Å². The van der Waals surface area contributed by atoms with Gasteiger partial charge in [0.25, 0.3) is 0 Å². The van der Waals surface area contributed by atoms with Crippen LogP contribution in [0.4, 0.5) is 0 Å². The topological polar surface area (TPSA) is 72.4 Å². The standard InChI is InChI=1S/C19H19N3O3/c23-18-11-15(12-22(18)13-16-7-4-10-24-16)19-20-17(21-25-19)9-8-14-5-2-1-3-6-14/h1-7,10,15H,8-9,11-13H2/t15-/m1/s1. The minimum atomic E-state index is -0.0413. The average molecular weight is 337 g/mol. The van der Waals surface area contributed by atoms with Gasteiger partial charge in [0.1, 0.15) is 5.76 Å². The van der Waals surface area contributed by atoms with Crippen LogP contribution in [0.3, 0.4) is 0 Å². The summed E-state index contributed by atoms with van der Waals surface area (Å²) in [6, 6.07) is 13.9. The maximum absolute atomic E-state index is 12.2. The molecule has 1 amide bonds. The number of carbonyl (C=O) groups is 1. The zero-order chi connectivity index (χ0) is 17.1. The average Bonchev–Trinajstić information content (AvgIpc) is 3.37. The van der Waals surface area contributed by atoms with Crippen LogP contribution in [-0.2, 0) is 24.2 Å². The third kappa shape index (κ3) is 3.63. The molecular formula is C19H19N3O3. The number of aromatic nitrogens is 2. The Balaban J connectivity index is 1.36. The minimum absolute atomic E-state index is 0.0413. The van der Waals surface area contributed by atoms with E-state index in [1.807, 2.05) is 30.3 Å². The predicted octanol–water partition coefficient (Wildman–Crippen LogP) is 2.96. The van der Waals surface area contributed by atoms with E-state index in [1.54, 1.807) is 11.2 Å². The molecule has 0 N–H and O–H groups in total. The Kier molecular flexibility index (Phi) is 4.33. The van der Waals surface area contributed by atoms with Crippen molar-refractivity contribution in [3.05, 3.63) is 71.8 Å². The van der Waals surface area contributed by atoms with Crippen molar-refractivity contribution in [1.29, 1.82) is 0 Å². The maximum atomic E-state index is 12.2. The lowest BCUT2D eigenvalue weighted by molar-refractivity contribution is -0.128. The van der Waals surface area contributed by atoms with Crippen molar-refractivity contribution in [3.63, 3.8) is 0 Å². The van der Waals surface area contributed by atoms with Crippen molar-refractivity contribution in [1.82, 2.24) is 15.0 Å². The van der Waals surface area contributed by atoms with Crippen LogP contribution in [0.5, 0.6) is 0 Å². The van der Waals surface area contributed by atoms with E-state index in [4.69, 9.17) is 8.94 Å². The molecule has 6 nitrogen and oxygen atoms in total. The van der Waals surface area contributed by atoms with Crippen LogP contribution < -0.4 is 0 Å². The Morgan fingerprint density at radius 1 is 1.12 bits per heavy atom. The van der Waals surface area contributed by atoms with Crippen LogP contribution in [0.1, 0.15) is 35.4 Å². The van der Waals surface area contributed by atoms with Crippen LogP contribution in [0.15, 0.2) is 57.7 Å². The van der Waals surface area contributed by atoms with Gasteiger partial charge >= 0.3 is 0 Å². The number of nitrogens with zero attached hydrogens (tertiary/aromatic N) is 3. The molecule has 6 heteroatoms. The molecule has 4 rings (SSSR count). The van der Waals surface area contributed by atoms with Crippen LogP contribution in [0.2, 0.25) is 0 Å². The van der Waals surface area contributed by atoms with Gasteiger partial charge in [-0.2, -0.15) is 4.98 Å². The summed E-state index contributed by atoms with van der Waals surface area (Å²) in [7, 11) is 0. The highest BCUT2D eigenvalue weighted by molar-refractivity contribution is 5.79. The number of hydrogen-bond donors (Lipinski definition) is 0. The number of amides is 1. The monoisotopic (exact) mass is 337 g/mol. The van der Waals surface area contributed by atoms with Gasteiger partial charge in [-0.05, 0) is 24.1 Å². The summed E-state index contributed by atoms with van der Waals surface area (Å²) in [5, 5.41) is 4.07. The van der Waals surface area contributed by atoms with Gasteiger partial charge in [0.05, 0.1) is 18.7 Å². The van der Waals surface area contributed by atoms with E-state index >= 15 is 0 Å². The zero-order valence-corrected chi connectivity index (χ0v) is 13.8. The molecule has 1 fully saturated rings. The number of furan rings is 1. The number of hydrogen-bond acceptors (Lipinski definition) is 5. The van der Waals surface area contributed by atoms with E-state index in [-0.39, 0.29) is 11.8 Å². The Bertz CT molecular complexity index is 827. The molecule has 0 unspecified atom stereocenters. The second-order valence-corrected chi connectivity index (χ2v) is 6.29. The molecule has 0 bridgehead atoms. The molecule has 0 radical (unpaired) electrons. The van der Waals surface area contributed by atoms with E-state index in [0.717, 1.165) is 18.6 Å². The van der Waals surface area contributed by atoms with Gasteiger partial charge in [-0.25, -0.2) is 0 Å². The lowest BCUT2D eigenvalue weighted by Gasteiger charge is -2.13. The number of carbonyl (C=O) groups excluding carboxylic acids is 1. The summed E-state index contributed by atoms with van der Waals surface area (Å²) in [5.74, 6) is 2.07. The number of rotatable bonds is 6. The first kappa shape index (κ1) is 15.6. The molecule has 3 aromatic rings. The fourth-order valence-electron chi connectivity index (χ4n) is 3.12. The van der Waals surface area contributed by atoms with Gasteiger partial charge in [-0.3, -0.25) is 4.79 Å². The van der Waals surface area contributed by atoms with Gasteiger partial charge in [0.2, 0.25) is 11.8 Å². The SMILES string of the molecule is O=C1C[C@@H](c2nc(CCc3ccccc3)no2)CN1Cc1ccco1. The molecule has 2 aromatic heterocycles. The molecule has 128 valence electrons. The molecule has 1 aromatic carbocycles. The van der Waals surface area contributed by atoms with Gasteiger partial charge in [-0.15, -0.1) is 0 Å². The quantitative estimate of drug-likeness (QED) is 0.691. The Morgan fingerprint density at radius 2 is 2.00 bits per heavy atom. The van der Waals surface area contributed by atoms with Crippen LogP contribution >= 0.6 is 0 Å². The molecule has 0 spiro atoms. The first-order valence-electron chi connectivity index (χ1n) is 8.44. The van der Waals surface area contributed by atoms with E-state index in [2.05, 4.69) is 22.3 Å². The van der Waals surface area contributed by atoms with Crippen molar-refractivity contribution in [3.8, 4) is 0 Å². The Morgan fingerprint density at radius 3 is 2.80 bits per heavy atom. The highest BCUT2D eigenvalue weighted by Gasteiger charge is 2.34. The van der Waals surface area contributed by atoms with Crippen LogP contribution in [-0.4, -0.2) is 27.5 Å². The summed E-state index contributed by atoms with van der Waals surface area (Å²) in [6.45, 7) is 1.07. The van der Waals surface area contributed by atoms with Crippen molar-refractivity contribution in [2.75, 3.05) is 6.54 Å². The summed E-state index contributed by atoms with van der Waals surface area (Å²) in [6.07, 6.45) is 3.61. The number of benzene rings is 1. The molecule has 1 aliphatic heterocycles. The van der Waals surface area contributed by atoms with E-state index in [0.29, 0.717) is 31.2 Å². The van der Waals surface area contributed by atoms with E-state index in [1.165, 1.54) is 5.56 Å². The van der Waals surface area contributed by atoms with Crippen molar-refractivity contribution in [2.45, 2.75) is 31.7 Å². The number of likely N-dealkylation sites (tertiary alicyclic amines) is 1. The summed E-state index contributed by atoms with van der Waals surface area (Å²) < 4.78 is 10.7. The molecule has 3 heterocycles. The Hall–Kier alpha value is -2.89. The summed E-state index contributed by atoms with van der Waals surface area (Å²) in [5.41, 5.74) is 1.24. The number of aryl methyl sites for hydroxylation is 2. The highest BCUT2D eigenvalue weighted by Crippen LogP contribution is 2.28. The van der Waals surface area contributed by atoms with Crippen LogP contribution in [0.25, 0.3) is 0 Å². The smallest absolute Gasteiger partial charge is 0.232 e. The Labute approximate surface area is 145 Å². The molecule has 0 saturated carbocycles. The summed E-state index contributed by atoms with van der Waals surface area (Å²) >= 11 is 0. The van der Waals surface area contributed by atoms with E-state index in [9.17, 15) is 4.79 Å². The first-order chi connectivity index (χ1) is 12.3. The minimum Gasteiger partial charge on any atom is -0.467 e. The third-order valence-electron chi connectivity index (χ3n) is 4.45. The molecule has 1 aliphatic rings. The molecule has 1 saturated heterocycles. The molecular weight excluding hydrogens is 318 g/mol. The first-order valence-corrected chi connectivity index (χ1v) is 8.44. The van der Waals surface area contributed by atoms with Gasteiger partial charge < -0.3 is 13.8 Å². The summed E-state index contributed by atoms with van der Waals surface area (Å²) in [4.78, 5) is 18.5. The third-order valence-corrected chi connectivity index (χ3v) is 4.45. The van der Waals surface area contributed by atoms with Crippen molar-refractivity contribution < 1.29 is 13.7 Å². The van der Waals surface area contributed by atoms with Gasteiger partial charge in [0.15, 0.2) is 5.82 Å². The molecule has 1 atom stereocenters. The lowest BCUT2D eigenvalue weighted by atomic mass is 10.1. The predicted molar refractivity (Wildman–Crippen MR) is 89.6 cm³/mol.